The van der Waals surface area contributed by atoms with E-state index in [0.29, 0.717) is 0 Å². The van der Waals surface area contributed by atoms with Crippen molar-refractivity contribution in [3.05, 3.63) is 149 Å². The zero-order chi connectivity index (χ0) is 40.4. The fourth-order valence-corrected chi connectivity index (χ4v) is 13.0. The maximum atomic E-state index is 6.40. The molecule has 6 aromatic carbocycles. The van der Waals surface area contributed by atoms with Gasteiger partial charge in [0.2, 0.25) is 0 Å². The van der Waals surface area contributed by atoms with Crippen LogP contribution in [-0.2, 0) is 17.3 Å². The summed E-state index contributed by atoms with van der Waals surface area (Å²) in [5.74, 6) is 0. The van der Waals surface area contributed by atoms with Crippen LogP contribution in [0.4, 0.5) is 39.8 Å². The second-order valence-electron chi connectivity index (χ2n) is 18.5. The van der Waals surface area contributed by atoms with E-state index in [1.54, 1.807) is 0 Å². The number of rotatable bonds is 3. The average Bonchev–Trinajstić information content (AvgIpc) is 3.52. The third kappa shape index (κ3) is 5.71. The van der Waals surface area contributed by atoms with Crippen molar-refractivity contribution in [3.63, 3.8) is 0 Å². The number of aromatic nitrogens is 1. The number of nitrogen functional groups attached to an aromatic ring is 1. The number of fused-ring (bicyclic) bond motifs is 7. The lowest BCUT2D eigenvalue weighted by atomic mass is 9.83. The van der Waals surface area contributed by atoms with Gasteiger partial charge in [-0.3, -0.25) is 0 Å². The molecule has 2 N–H and O–H groups in total. The number of nitrogens with zero attached hydrogens (tertiary/aromatic N) is 3. The molecule has 2 unspecified atom stereocenters. The molecule has 0 amide bonds. The summed E-state index contributed by atoms with van der Waals surface area (Å²) in [5.41, 5.74) is 25.0. The highest BCUT2D eigenvalue weighted by molar-refractivity contribution is 7.81. The highest BCUT2D eigenvalue weighted by atomic mass is 31.1. The van der Waals surface area contributed by atoms with E-state index in [-0.39, 0.29) is 10.8 Å². The SMILES string of the molecule is Cc1cc2c(cc1C(C)(C)C)N(c1ccc(N)cc1)c1cc(-n3c4c(c5ccccc53)C=CCC4)cc3c1P2c1cc(C)c(C(C)(C)C)cc1N3c1ccc(P)cc1. The zero-order valence-corrected chi connectivity index (χ0v) is 37.0. The van der Waals surface area contributed by atoms with Gasteiger partial charge < -0.3 is 20.1 Å². The number of hydrogen-bond acceptors (Lipinski definition) is 3. The Balaban J connectivity index is 1.39. The molecule has 1 aliphatic carbocycles. The summed E-state index contributed by atoms with van der Waals surface area (Å²) in [7, 11) is 1.91. The van der Waals surface area contributed by atoms with Gasteiger partial charge >= 0.3 is 0 Å². The number of allylic oxidation sites excluding steroid dienone is 1. The molecule has 3 heterocycles. The van der Waals surface area contributed by atoms with Crippen LogP contribution in [-0.4, -0.2) is 4.57 Å². The van der Waals surface area contributed by atoms with Gasteiger partial charge in [0.1, 0.15) is 0 Å². The first kappa shape index (κ1) is 37.2. The van der Waals surface area contributed by atoms with Gasteiger partial charge in [-0.15, -0.1) is 9.24 Å². The van der Waals surface area contributed by atoms with Gasteiger partial charge in [-0.25, -0.2) is 0 Å². The van der Waals surface area contributed by atoms with Crippen LogP contribution < -0.4 is 36.8 Å². The molecule has 7 aromatic rings. The van der Waals surface area contributed by atoms with E-state index in [0.717, 1.165) is 29.9 Å². The Bertz CT molecular complexity index is 2710. The molecule has 290 valence electrons. The largest absolute Gasteiger partial charge is 0.399 e. The third-order valence-electron chi connectivity index (χ3n) is 12.4. The molecule has 0 saturated heterocycles. The van der Waals surface area contributed by atoms with Gasteiger partial charge in [-0.2, -0.15) is 0 Å². The quantitative estimate of drug-likeness (QED) is 0.143. The summed E-state index contributed by atoms with van der Waals surface area (Å²) in [4.78, 5) is 5.13. The molecule has 10 rings (SSSR count). The summed E-state index contributed by atoms with van der Waals surface area (Å²) in [6.45, 7) is 18.7. The summed E-state index contributed by atoms with van der Waals surface area (Å²) >= 11 is 0. The molecule has 0 bridgehead atoms. The monoisotopic (exact) mass is 794 g/mol. The van der Waals surface area contributed by atoms with E-state index in [9.17, 15) is 0 Å². The fourth-order valence-electron chi connectivity index (χ4n) is 9.88. The van der Waals surface area contributed by atoms with E-state index < -0.39 is 7.92 Å². The number of benzene rings is 6. The van der Waals surface area contributed by atoms with Gasteiger partial charge in [0.05, 0.1) is 34.0 Å². The highest BCUT2D eigenvalue weighted by Crippen LogP contribution is 2.58. The van der Waals surface area contributed by atoms with Gasteiger partial charge in [-0.1, -0.05) is 84.0 Å². The molecule has 58 heavy (non-hydrogen) atoms. The minimum Gasteiger partial charge on any atom is -0.399 e. The standard InChI is InChI=1S/C52H52N4P2/c1-31-25-48-44(29-40(31)51(3,4)5)54(34-19-17-33(53)18-20-34)46-27-36(56-42-15-11-9-13-38(42)39-14-10-12-16-43(39)56)28-47-50(46)58(48)49-26-32(2)41(52(6,7)8)30-45(49)55(47)35-21-23-37(57)24-22-35/h9-11,13-15,17-30H,12,16,53,57H2,1-8H3. The molecule has 0 radical (unpaired) electrons. The summed E-state index contributed by atoms with van der Waals surface area (Å²) < 4.78 is 2.56. The van der Waals surface area contributed by atoms with Gasteiger partial charge in [0, 0.05) is 49.6 Å². The van der Waals surface area contributed by atoms with Crippen LogP contribution in [0.3, 0.4) is 0 Å². The van der Waals surface area contributed by atoms with Crippen LogP contribution in [0.25, 0.3) is 22.7 Å². The molecule has 3 aliphatic rings. The summed E-state index contributed by atoms with van der Waals surface area (Å²) in [6, 6.07) is 41.6. The predicted molar refractivity (Wildman–Crippen MR) is 256 cm³/mol. The number of anilines is 7. The predicted octanol–water partition coefficient (Wildman–Crippen LogP) is 12.2. The molecular formula is C52H52N4P2. The van der Waals surface area contributed by atoms with Crippen LogP contribution >= 0.6 is 17.2 Å². The maximum Gasteiger partial charge on any atom is 0.0587 e. The molecule has 2 aliphatic heterocycles. The van der Waals surface area contributed by atoms with Crippen LogP contribution in [0.2, 0.25) is 0 Å². The van der Waals surface area contributed by atoms with Crippen molar-refractivity contribution >= 4 is 95.2 Å². The Morgan fingerprint density at radius 1 is 0.621 bits per heavy atom. The summed E-state index contributed by atoms with van der Waals surface area (Å²) in [6.07, 6.45) is 6.70. The highest BCUT2D eigenvalue weighted by Gasteiger charge is 2.43. The molecular weight excluding hydrogens is 743 g/mol. The average molecular weight is 795 g/mol. The van der Waals surface area contributed by atoms with Gasteiger partial charge in [-0.05, 0) is 152 Å². The first-order valence-electron chi connectivity index (χ1n) is 20.6. The molecule has 6 heteroatoms. The Hall–Kier alpha value is -5.14. The van der Waals surface area contributed by atoms with Crippen molar-refractivity contribution < 1.29 is 0 Å². The maximum absolute atomic E-state index is 6.40. The molecule has 0 spiro atoms. The Morgan fingerprint density at radius 2 is 1.16 bits per heavy atom. The minimum atomic E-state index is -0.973. The van der Waals surface area contributed by atoms with E-state index in [2.05, 4.69) is 188 Å². The van der Waals surface area contributed by atoms with Crippen molar-refractivity contribution in [2.45, 2.75) is 79.1 Å². The van der Waals surface area contributed by atoms with Gasteiger partial charge in [0.15, 0.2) is 0 Å². The van der Waals surface area contributed by atoms with Crippen molar-refractivity contribution in [2.75, 3.05) is 15.5 Å². The lowest BCUT2D eigenvalue weighted by Gasteiger charge is -2.46. The second kappa shape index (κ2) is 13.2. The number of aryl methyl sites for hydroxylation is 2. The van der Waals surface area contributed by atoms with Crippen molar-refractivity contribution in [1.29, 1.82) is 0 Å². The molecule has 4 nitrogen and oxygen atoms in total. The van der Waals surface area contributed by atoms with Crippen LogP contribution in [0.1, 0.15) is 81.5 Å². The Kier molecular flexibility index (Phi) is 8.45. The number of para-hydroxylation sites is 1. The number of hydrogen-bond donors (Lipinski definition) is 1. The first-order valence-corrected chi connectivity index (χ1v) is 22.5. The Labute approximate surface area is 347 Å². The van der Waals surface area contributed by atoms with Gasteiger partial charge in [0.25, 0.3) is 0 Å². The number of nitrogens with two attached hydrogens (primary N) is 1. The van der Waals surface area contributed by atoms with E-state index in [1.807, 2.05) is 12.1 Å². The fraction of sp³-hybridized carbons (Fsp3) is 0.231. The second-order valence-corrected chi connectivity index (χ2v) is 21.2. The van der Waals surface area contributed by atoms with Crippen molar-refractivity contribution in [3.8, 4) is 5.69 Å². The van der Waals surface area contributed by atoms with Crippen molar-refractivity contribution in [1.82, 2.24) is 4.57 Å². The minimum absolute atomic E-state index is 0.0273. The van der Waals surface area contributed by atoms with Crippen LogP contribution in [0.15, 0.2) is 115 Å². The Morgan fingerprint density at radius 3 is 1.71 bits per heavy atom. The lowest BCUT2D eigenvalue weighted by Crippen LogP contribution is -2.41. The zero-order valence-electron chi connectivity index (χ0n) is 34.9. The molecule has 2 atom stereocenters. The molecule has 0 fully saturated rings. The van der Waals surface area contributed by atoms with Crippen molar-refractivity contribution in [2.24, 2.45) is 0 Å². The van der Waals surface area contributed by atoms with Crippen LogP contribution in [0, 0.1) is 13.8 Å². The van der Waals surface area contributed by atoms with Crippen LogP contribution in [0.5, 0.6) is 0 Å². The first-order chi connectivity index (χ1) is 27.7. The lowest BCUT2D eigenvalue weighted by molar-refractivity contribution is 0.586. The summed E-state index contributed by atoms with van der Waals surface area (Å²) in [5, 5.41) is 6.67. The topological polar surface area (TPSA) is 37.4 Å². The molecule has 1 aromatic heterocycles. The normalized spacial score (nSPS) is 15.6. The van der Waals surface area contributed by atoms with E-state index >= 15 is 0 Å². The smallest absolute Gasteiger partial charge is 0.0587 e. The third-order valence-corrected chi connectivity index (χ3v) is 15.4. The van der Waals surface area contributed by atoms with E-state index in [4.69, 9.17) is 5.73 Å². The molecule has 0 saturated carbocycles. The van der Waals surface area contributed by atoms with E-state index in [1.165, 1.54) is 94.1 Å².